The molecule has 20 heavy (non-hydrogen) atoms. The third-order valence-electron chi connectivity index (χ3n) is 2.52. The van der Waals surface area contributed by atoms with Crippen molar-refractivity contribution in [3.05, 3.63) is 16.1 Å². The molecule has 1 heterocycles. The Bertz CT molecular complexity index is 450. The molecule has 0 saturated carbocycles. The minimum atomic E-state index is -1.07. The number of ether oxygens (including phenoxy) is 1. The Kier molecular flexibility index (Phi) is 6.96. The Labute approximate surface area is 121 Å². The van der Waals surface area contributed by atoms with Crippen LogP contribution in [-0.2, 0) is 4.74 Å². The molecule has 0 saturated heterocycles. The van der Waals surface area contributed by atoms with Gasteiger partial charge in [0.15, 0.2) is 5.69 Å². The van der Waals surface area contributed by atoms with E-state index < -0.39 is 5.97 Å². The normalized spacial score (nSPS) is 11.9. The Morgan fingerprint density at radius 2 is 2.25 bits per heavy atom. The van der Waals surface area contributed by atoms with Crippen LogP contribution >= 0.6 is 11.3 Å². The molecule has 0 fully saturated rings. The zero-order valence-corrected chi connectivity index (χ0v) is 12.3. The smallest absolute Gasteiger partial charge is 0.355 e. The van der Waals surface area contributed by atoms with Crippen LogP contribution in [0.5, 0.6) is 0 Å². The highest BCUT2D eigenvalue weighted by molar-refractivity contribution is 7.09. The van der Waals surface area contributed by atoms with Gasteiger partial charge in [-0.15, -0.1) is 11.3 Å². The summed E-state index contributed by atoms with van der Waals surface area (Å²) in [5.74, 6) is -1.07. The lowest BCUT2D eigenvalue weighted by Crippen LogP contribution is -2.37. The van der Waals surface area contributed by atoms with E-state index in [2.05, 4.69) is 15.6 Å². The second kappa shape index (κ2) is 8.49. The summed E-state index contributed by atoms with van der Waals surface area (Å²) in [6, 6.07) is -0.617. The third kappa shape index (κ3) is 5.54. The van der Waals surface area contributed by atoms with Crippen molar-refractivity contribution in [1.82, 2.24) is 15.6 Å². The molecule has 1 aromatic rings. The zero-order valence-electron chi connectivity index (χ0n) is 11.5. The van der Waals surface area contributed by atoms with E-state index in [4.69, 9.17) is 9.84 Å². The molecule has 0 aromatic carbocycles. The molecule has 2 amide bonds. The summed E-state index contributed by atoms with van der Waals surface area (Å²) >= 11 is 1.21. The van der Waals surface area contributed by atoms with Gasteiger partial charge in [-0.05, 0) is 19.8 Å². The van der Waals surface area contributed by atoms with Crippen molar-refractivity contribution in [1.29, 1.82) is 0 Å². The quantitative estimate of drug-likeness (QED) is 0.634. The predicted octanol–water partition coefficient (Wildman–Crippen LogP) is 1.63. The van der Waals surface area contributed by atoms with Crippen molar-refractivity contribution >= 4 is 23.3 Å². The van der Waals surface area contributed by atoms with E-state index in [1.54, 1.807) is 14.0 Å². The first-order chi connectivity index (χ1) is 9.54. The maximum Gasteiger partial charge on any atom is 0.355 e. The van der Waals surface area contributed by atoms with E-state index in [-0.39, 0.29) is 17.8 Å². The fourth-order valence-electron chi connectivity index (χ4n) is 1.47. The number of nitrogens with one attached hydrogen (secondary N) is 2. The number of hydrogen-bond donors (Lipinski definition) is 3. The van der Waals surface area contributed by atoms with Crippen LogP contribution in [0.15, 0.2) is 5.38 Å². The van der Waals surface area contributed by atoms with E-state index >= 15 is 0 Å². The number of urea groups is 1. The minimum Gasteiger partial charge on any atom is -0.476 e. The Hall–Kier alpha value is -1.67. The third-order valence-corrected chi connectivity index (χ3v) is 3.55. The van der Waals surface area contributed by atoms with Gasteiger partial charge in [-0.3, -0.25) is 0 Å². The number of unbranched alkanes of at least 4 members (excludes halogenated alkanes) is 1. The zero-order chi connectivity index (χ0) is 15.0. The van der Waals surface area contributed by atoms with Gasteiger partial charge in [0.1, 0.15) is 5.01 Å². The molecule has 0 aliphatic carbocycles. The lowest BCUT2D eigenvalue weighted by Gasteiger charge is -2.12. The summed E-state index contributed by atoms with van der Waals surface area (Å²) in [6.45, 7) is 3.01. The molecule has 0 spiro atoms. The summed E-state index contributed by atoms with van der Waals surface area (Å²) in [4.78, 5) is 26.3. The maximum atomic E-state index is 11.6. The molecule has 0 radical (unpaired) electrons. The van der Waals surface area contributed by atoms with Crippen LogP contribution in [0.1, 0.15) is 41.3 Å². The second-order valence-electron chi connectivity index (χ2n) is 4.20. The molecule has 1 rings (SSSR count). The summed E-state index contributed by atoms with van der Waals surface area (Å²) in [5, 5.41) is 16.2. The van der Waals surface area contributed by atoms with Gasteiger partial charge < -0.3 is 20.5 Å². The van der Waals surface area contributed by atoms with Crippen LogP contribution in [0.4, 0.5) is 4.79 Å². The molecule has 7 nitrogen and oxygen atoms in total. The van der Waals surface area contributed by atoms with Crippen LogP contribution in [-0.4, -0.2) is 42.4 Å². The monoisotopic (exact) mass is 301 g/mol. The van der Waals surface area contributed by atoms with E-state index in [0.29, 0.717) is 18.2 Å². The number of thiazole rings is 1. The van der Waals surface area contributed by atoms with Gasteiger partial charge in [-0.1, -0.05) is 0 Å². The topological polar surface area (TPSA) is 101 Å². The van der Waals surface area contributed by atoms with Crippen LogP contribution in [0, 0.1) is 0 Å². The molecular weight excluding hydrogens is 282 g/mol. The van der Waals surface area contributed by atoms with Gasteiger partial charge in [0.25, 0.3) is 0 Å². The Morgan fingerprint density at radius 1 is 1.50 bits per heavy atom. The average molecular weight is 301 g/mol. The number of amides is 2. The number of methoxy groups -OCH3 is 1. The Balaban J connectivity index is 2.31. The lowest BCUT2D eigenvalue weighted by atomic mass is 10.3. The van der Waals surface area contributed by atoms with E-state index in [1.807, 2.05) is 0 Å². The SMILES string of the molecule is COCCCCNC(=O)NC(C)c1nc(C(=O)O)cs1. The molecule has 0 aliphatic rings. The number of rotatable bonds is 8. The molecule has 0 bridgehead atoms. The van der Waals surface area contributed by atoms with Gasteiger partial charge in [0, 0.05) is 25.6 Å². The molecular formula is C12H19N3O4S. The van der Waals surface area contributed by atoms with Gasteiger partial charge in [-0.2, -0.15) is 0 Å². The highest BCUT2D eigenvalue weighted by atomic mass is 32.1. The number of nitrogens with zero attached hydrogens (tertiary/aromatic N) is 1. The van der Waals surface area contributed by atoms with Crippen molar-refractivity contribution in [3.8, 4) is 0 Å². The molecule has 3 N–H and O–H groups in total. The van der Waals surface area contributed by atoms with Gasteiger partial charge in [0.05, 0.1) is 6.04 Å². The molecule has 112 valence electrons. The van der Waals surface area contributed by atoms with Crippen LogP contribution < -0.4 is 10.6 Å². The van der Waals surface area contributed by atoms with E-state index in [0.717, 1.165) is 12.8 Å². The van der Waals surface area contributed by atoms with Crippen LogP contribution in [0.25, 0.3) is 0 Å². The maximum absolute atomic E-state index is 11.6. The largest absolute Gasteiger partial charge is 0.476 e. The van der Waals surface area contributed by atoms with Gasteiger partial charge in [-0.25, -0.2) is 14.6 Å². The fourth-order valence-corrected chi connectivity index (χ4v) is 2.27. The van der Waals surface area contributed by atoms with Crippen molar-refractivity contribution in [2.24, 2.45) is 0 Å². The van der Waals surface area contributed by atoms with Crippen molar-refractivity contribution in [2.75, 3.05) is 20.3 Å². The average Bonchev–Trinajstić information content (AvgIpc) is 2.88. The summed E-state index contributed by atoms with van der Waals surface area (Å²) in [6.07, 6.45) is 1.73. The number of carbonyl (C=O) groups excluding carboxylic acids is 1. The van der Waals surface area contributed by atoms with Crippen LogP contribution in [0.3, 0.4) is 0 Å². The van der Waals surface area contributed by atoms with Crippen molar-refractivity contribution in [2.45, 2.75) is 25.8 Å². The number of carbonyl (C=O) groups is 2. The molecule has 1 unspecified atom stereocenters. The van der Waals surface area contributed by atoms with Crippen LogP contribution in [0.2, 0.25) is 0 Å². The standard InChI is InChI=1S/C12H19N3O4S/c1-8(10-15-9(7-20-10)11(16)17)14-12(18)13-5-3-4-6-19-2/h7-8H,3-6H2,1-2H3,(H,16,17)(H2,13,14,18). The first-order valence-corrected chi connectivity index (χ1v) is 7.14. The second-order valence-corrected chi connectivity index (χ2v) is 5.09. The first kappa shape index (κ1) is 16.4. The number of aromatic carboxylic acids is 1. The van der Waals surface area contributed by atoms with Gasteiger partial charge >= 0.3 is 12.0 Å². The van der Waals surface area contributed by atoms with Crippen molar-refractivity contribution in [3.63, 3.8) is 0 Å². The summed E-state index contributed by atoms with van der Waals surface area (Å²) in [5.41, 5.74) is -0.00127. The minimum absolute atomic E-state index is 0.00127. The van der Waals surface area contributed by atoms with E-state index in [9.17, 15) is 9.59 Å². The highest BCUT2D eigenvalue weighted by Gasteiger charge is 2.15. The fraction of sp³-hybridized carbons (Fsp3) is 0.583. The number of carboxylic acids is 1. The summed E-state index contributed by atoms with van der Waals surface area (Å²) in [7, 11) is 1.64. The Morgan fingerprint density at radius 3 is 2.85 bits per heavy atom. The number of aromatic nitrogens is 1. The highest BCUT2D eigenvalue weighted by Crippen LogP contribution is 2.17. The summed E-state index contributed by atoms with van der Waals surface area (Å²) < 4.78 is 4.91. The predicted molar refractivity (Wildman–Crippen MR) is 75.1 cm³/mol. The first-order valence-electron chi connectivity index (χ1n) is 6.26. The number of carboxylic acid groups (broad SMARTS) is 1. The molecule has 0 aliphatic heterocycles. The van der Waals surface area contributed by atoms with Crippen molar-refractivity contribution < 1.29 is 19.4 Å². The lowest BCUT2D eigenvalue weighted by molar-refractivity contribution is 0.0691. The molecule has 1 atom stereocenters. The molecule has 1 aromatic heterocycles. The van der Waals surface area contributed by atoms with E-state index in [1.165, 1.54) is 16.7 Å². The molecule has 8 heteroatoms. The number of hydrogen-bond acceptors (Lipinski definition) is 5. The van der Waals surface area contributed by atoms with Gasteiger partial charge in [0.2, 0.25) is 0 Å².